The van der Waals surface area contributed by atoms with E-state index in [2.05, 4.69) is 21.0 Å². The molecule has 0 bridgehead atoms. The molecule has 6 nitrogen and oxygen atoms in total. The SMILES string of the molecule is COc1c(Br)c(C(=O)N2CCOCC2)nn1C. The summed E-state index contributed by atoms with van der Waals surface area (Å²) in [5.41, 5.74) is 0.381. The smallest absolute Gasteiger partial charge is 0.275 e. The molecule has 0 aliphatic carbocycles. The highest BCUT2D eigenvalue weighted by molar-refractivity contribution is 9.10. The Labute approximate surface area is 108 Å². The van der Waals surface area contributed by atoms with E-state index in [-0.39, 0.29) is 5.91 Å². The highest BCUT2D eigenvalue weighted by Crippen LogP contribution is 2.28. The first-order valence-electron chi connectivity index (χ1n) is 5.28. The average molecular weight is 304 g/mol. The molecular weight excluding hydrogens is 290 g/mol. The molecule has 0 aromatic carbocycles. The third kappa shape index (κ3) is 2.30. The summed E-state index contributed by atoms with van der Waals surface area (Å²) >= 11 is 3.34. The summed E-state index contributed by atoms with van der Waals surface area (Å²) in [4.78, 5) is 13.9. The van der Waals surface area contributed by atoms with Crippen LogP contribution < -0.4 is 4.74 Å². The fourth-order valence-corrected chi connectivity index (χ4v) is 2.42. The number of morpholine rings is 1. The molecular formula is C10H14BrN3O3. The number of amides is 1. The summed E-state index contributed by atoms with van der Waals surface area (Å²) in [5, 5.41) is 4.17. The van der Waals surface area contributed by atoms with E-state index in [4.69, 9.17) is 9.47 Å². The number of rotatable bonds is 2. The zero-order chi connectivity index (χ0) is 12.4. The summed E-state index contributed by atoms with van der Waals surface area (Å²) in [5.74, 6) is 0.445. The van der Waals surface area contributed by atoms with Crippen LogP contribution in [0, 0.1) is 0 Å². The molecule has 1 aromatic heterocycles. The first-order valence-corrected chi connectivity index (χ1v) is 6.08. The van der Waals surface area contributed by atoms with Crippen LogP contribution >= 0.6 is 15.9 Å². The van der Waals surface area contributed by atoms with Gasteiger partial charge < -0.3 is 14.4 Å². The van der Waals surface area contributed by atoms with Crippen LogP contribution in [0.1, 0.15) is 10.5 Å². The van der Waals surface area contributed by atoms with Crippen LogP contribution in [0.4, 0.5) is 0 Å². The lowest BCUT2D eigenvalue weighted by Crippen LogP contribution is -2.41. The predicted octanol–water partition coefficient (Wildman–Crippen LogP) is 0.664. The second-order valence-corrected chi connectivity index (χ2v) is 4.49. The molecule has 17 heavy (non-hydrogen) atoms. The number of halogens is 1. The fraction of sp³-hybridized carbons (Fsp3) is 0.600. The number of ether oxygens (including phenoxy) is 2. The van der Waals surface area contributed by atoms with Crippen molar-refractivity contribution in [2.24, 2.45) is 7.05 Å². The van der Waals surface area contributed by atoms with E-state index in [1.165, 1.54) is 4.68 Å². The van der Waals surface area contributed by atoms with Crippen LogP contribution in [0.25, 0.3) is 0 Å². The number of aromatic nitrogens is 2. The van der Waals surface area contributed by atoms with E-state index in [1.807, 2.05) is 0 Å². The molecule has 2 rings (SSSR count). The summed E-state index contributed by atoms with van der Waals surface area (Å²) in [6, 6.07) is 0. The van der Waals surface area contributed by atoms with Crippen molar-refractivity contribution in [3.05, 3.63) is 10.2 Å². The molecule has 0 saturated carbocycles. The van der Waals surface area contributed by atoms with Crippen molar-refractivity contribution >= 4 is 21.8 Å². The van der Waals surface area contributed by atoms with Gasteiger partial charge in [-0.3, -0.25) is 4.79 Å². The molecule has 0 unspecified atom stereocenters. The zero-order valence-corrected chi connectivity index (χ0v) is 11.4. The monoisotopic (exact) mass is 303 g/mol. The third-order valence-electron chi connectivity index (χ3n) is 2.63. The van der Waals surface area contributed by atoms with Crippen LogP contribution in [0.2, 0.25) is 0 Å². The lowest BCUT2D eigenvalue weighted by Gasteiger charge is -2.26. The van der Waals surface area contributed by atoms with Gasteiger partial charge in [-0.25, -0.2) is 4.68 Å². The average Bonchev–Trinajstić information content (AvgIpc) is 2.64. The second kappa shape index (κ2) is 5.05. The van der Waals surface area contributed by atoms with Crippen molar-refractivity contribution in [1.82, 2.24) is 14.7 Å². The highest BCUT2D eigenvalue weighted by atomic mass is 79.9. The summed E-state index contributed by atoms with van der Waals surface area (Å²) in [7, 11) is 3.28. The lowest BCUT2D eigenvalue weighted by atomic mass is 10.3. The molecule has 1 aliphatic rings. The Morgan fingerprint density at radius 1 is 1.47 bits per heavy atom. The Kier molecular flexibility index (Phi) is 3.68. The highest BCUT2D eigenvalue weighted by Gasteiger charge is 2.26. The van der Waals surface area contributed by atoms with Crippen LogP contribution in [0.15, 0.2) is 4.47 Å². The van der Waals surface area contributed by atoms with Gasteiger partial charge in [-0.15, -0.1) is 0 Å². The maximum atomic E-state index is 12.2. The maximum Gasteiger partial charge on any atom is 0.275 e. The zero-order valence-electron chi connectivity index (χ0n) is 9.77. The van der Waals surface area contributed by atoms with Gasteiger partial charge >= 0.3 is 0 Å². The van der Waals surface area contributed by atoms with Crippen LogP contribution in [0.3, 0.4) is 0 Å². The minimum atomic E-state index is -0.0981. The van der Waals surface area contributed by atoms with Gasteiger partial charge in [0.05, 0.1) is 20.3 Å². The van der Waals surface area contributed by atoms with Gasteiger partial charge in [-0.2, -0.15) is 5.10 Å². The van der Waals surface area contributed by atoms with Gasteiger partial charge in [0.1, 0.15) is 4.47 Å². The second-order valence-electron chi connectivity index (χ2n) is 3.70. The van der Waals surface area contributed by atoms with Gasteiger partial charge in [-0.1, -0.05) is 0 Å². The van der Waals surface area contributed by atoms with E-state index < -0.39 is 0 Å². The van der Waals surface area contributed by atoms with Crippen LogP contribution in [0.5, 0.6) is 5.88 Å². The first kappa shape index (κ1) is 12.4. The van der Waals surface area contributed by atoms with Gasteiger partial charge in [-0.05, 0) is 15.9 Å². The van der Waals surface area contributed by atoms with Crippen molar-refractivity contribution in [3.8, 4) is 5.88 Å². The van der Waals surface area contributed by atoms with Crippen LogP contribution in [-0.2, 0) is 11.8 Å². The Morgan fingerprint density at radius 3 is 2.65 bits per heavy atom. The maximum absolute atomic E-state index is 12.2. The quantitative estimate of drug-likeness (QED) is 0.805. The summed E-state index contributed by atoms with van der Waals surface area (Å²) < 4.78 is 12.5. The molecule has 0 atom stereocenters. The number of hydrogen-bond acceptors (Lipinski definition) is 4. The first-order chi connectivity index (χ1) is 8.15. The van der Waals surface area contributed by atoms with E-state index in [0.717, 1.165) is 0 Å². The molecule has 1 aromatic rings. The minimum absolute atomic E-state index is 0.0981. The van der Waals surface area contributed by atoms with E-state index in [9.17, 15) is 4.79 Å². The van der Waals surface area contributed by atoms with Gasteiger partial charge in [0.15, 0.2) is 5.69 Å². The fourth-order valence-electron chi connectivity index (χ4n) is 1.76. The van der Waals surface area contributed by atoms with Crippen molar-refractivity contribution in [1.29, 1.82) is 0 Å². The Balaban J connectivity index is 2.24. The molecule has 0 spiro atoms. The minimum Gasteiger partial charge on any atom is -0.480 e. The number of methoxy groups -OCH3 is 1. The van der Waals surface area contributed by atoms with E-state index >= 15 is 0 Å². The van der Waals surface area contributed by atoms with Crippen molar-refractivity contribution in [2.75, 3.05) is 33.4 Å². The molecule has 1 fully saturated rings. The number of aryl methyl sites for hydroxylation is 1. The van der Waals surface area contributed by atoms with Crippen molar-refractivity contribution in [3.63, 3.8) is 0 Å². The topological polar surface area (TPSA) is 56.6 Å². The molecule has 1 aliphatic heterocycles. The number of hydrogen-bond donors (Lipinski definition) is 0. The van der Waals surface area contributed by atoms with Crippen molar-refractivity contribution < 1.29 is 14.3 Å². The molecule has 7 heteroatoms. The predicted molar refractivity (Wildman–Crippen MR) is 64.2 cm³/mol. The summed E-state index contributed by atoms with van der Waals surface area (Å²) in [6.07, 6.45) is 0. The van der Waals surface area contributed by atoms with E-state index in [1.54, 1.807) is 19.1 Å². The van der Waals surface area contributed by atoms with Gasteiger partial charge in [0, 0.05) is 20.1 Å². The molecule has 0 N–H and O–H groups in total. The van der Waals surface area contributed by atoms with E-state index in [0.29, 0.717) is 42.3 Å². The molecule has 94 valence electrons. The third-order valence-corrected chi connectivity index (χ3v) is 3.35. The normalized spacial score (nSPS) is 16.1. The lowest BCUT2D eigenvalue weighted by molar-refractivity contribution is 0.0298. The number of carbonyl (C=O) groups is 1. The largest absolute Gasteiger partial charge is 0.480 e. The van der Waals surface area contributed by atoms with Gasteiger partial charge in [0.2, 0.25) is 5.88 Å². The Morgan fingerprint density at radius 2 is 2.12 bits per heavy atom. The Bertz CT molecular complexity index is 427. The van der Waals surface area contributed by atoms with Crippen LogP contribution in [-0.4, -0.2) is 54.0 Å². The molecule has 1 saturated heterocycles. The molecule has 2 heterocycles. The Hall–Kier alpha value is -1.08. The molecule has 1 amide bonds. The van der Waals surface area contributed by atoms with Crippen molar-refractivity contribution in [2.45, 2.75) is 0 Å². The molecule has 0 radical (unpaired) electrons. The summed E-state index contributed by atoms with van der Waals surface area (Å²) in [6.45, 7) is 2.36. The van der Waals surface area contributed by atoms with Gasteiger partial charge in [0.25, 0.3) is 5.91 Å². The number of nitrogens with zero attached hydrogens (tertiary/aromatic N) is 3. The standard InChI is InChI=1S/C10H14BrN3O3/c1-13-10(16-2)7(11)8(12-13)9(15)14-3-5-17-6-4-14/h3-6H2,1-2H3. The number of carbonyl (C=O) groups excluding carboxylic acids is 1.